The Balaban J connectivity index is 1.61. The largest absolute Gasteiger partial charge is 0.375 e. The van der Waals surface area contributed by atoms with Gasteiger partial charge >= 0.3 is 0 Å². The molecular weight excluding hydrogens is 394 g/mol. The van der Waals surface area contributed by atoms with Gasteiger partial charge in [-0.3, -0.25) is 9.59 Å². The number of rotatable bonds is 6. The molecule has 0 bridgehead atoms. The molecule has 0 aliphatic carbocycles. The average molecular weight is 412 g/mol. The standard InChI is InChI=1S/C22H18ClNO3S/c23-20-11-10-19(28-20)18(25)14-22(27)16-8-4-5-9-17(16)24(21(22)26)13-12-15-6-2-1-3-7-15/h1-11,27H,12-14H2. The SMILES string of the molecule is O=C(CC1(O)C(=O)N(CCc2ccccc2)c2ccccc21)c1ccc(Cl)s1. The van der Waals surface area contributed by atoms with Crippen molar-refractivity contribution >= 4 is 40.3 Å². The molecular formula is C22H18ClNO3S. The van der Waals surface area contributed by atoms with Gasteiger partial charge < -0.3 is 10.0 Å². The van der Waals surface area contributed by atoms with Crippen LogP contribution >= 0.6 is 22.9 Å². The van der Waals surface area contributed by atoms with Crippen molar-refractivity contribution in [2.75, 3.05) is 11.4 Å². The summed E-state index contributed by atoms with van der Waals surface area (Å²) in [6.07, 6.45) is 0.354. The van der Waals surface area contributed by atoms with Crippen LogP contribution in [-0.4, -0.2) is 23.3 Å². The van der Waals surface area contributed by atoms with Crippen molar-refractivity contribution in [3.8, 4) is 0 Å². The number of hydrogen-bond acceptors (Lipinski definition) is 4. The van der Waals surface area contributed by atoms with E-state index in [0.717, 1.165) is 16.9 Å². The molecule has 0 saturated carbocycles. The molecule has 2 aromatic carbocycles. The van der Waals surface area contributed by atoms with E-state index in [9.17, 15) is 14.7 Å². The van der Waals surface area contributed by atoms with Crippen molar-refractivity contribution in [2.45, 2.75) is 18.4 Å². The molecule has 3 aromatic rings. The molecule has 1 unspecified atom stereocenters. The van der Waals surface area contributed by atoms with Crippen LogP contribution in [0.4, 0.5) is 5.69 Å². The molecule has 1 aromatic heterocycles. The van der Waals surface area contributed by atoms with Gasteiger partial charge in [0.1, 0.15) is 0 Å². The molecule has 0 saturated heterocycles. The maximum atomic E-state index is 13.2. The molecule has 1 aliphatic rings. The van der Waals surface area contributed by atoms with E-state index in [1.807, 2.05) is 42.5 Å². The summed E-state index contributed by atoms with van der Waals surface area (Å²) in [5.74, 6) is -0.756. The van der Waals surface area contributed by atoms with Crippen LogP contribution in [-0.2, 0) is 16.8 Å². The summed E-state index contributed by atoms with van der Waals surface area (Å²) in [6, 6.07) is 20.2. The third-order valence-electron chi connectivity index (χ3n) is 4.97. The minimum atomic E-state index is -1.86. The summed E-state index contributed by atoms with van der Waals surface area (Å²) in [4.78, 5) is 27.9. The fourth-order valence-electron chi connectivity index (χ4n) is 3.57. The normalized spacial score (nSPS) is 18.4. The zero-order valence-corrected chi connectivity index (χ0v) is 16.5. The maximum Gasteiger partial charge on any atom is 0.264 e. The van der Waals surface area contributed by atoms with Gasteiger partial charge in [-0.15, -0.1) is 11.3 Å². The monoisotopic (exact) mass is 411 g/mol. The van der Waals surface area contributed by atoms with Crippen LogP contribution in [0.3, 0.4) is 0 Å². The number of para-hydroxylation sites is 1. The van der Waals surface area contributed by atoms with Gasteiger partial charge in [-0.05, 0) is 30.2 Å². The number of aliphatic hydroxyl groups is 1. The summed E-state index contributed by atoms with van der Waals surface area (Å²) >= 11 is 7.07. The van der Waals surface area contributed by atoms with Gasteiger partial charge in [0, 0.05) is 12.1 Å². The molecule has 2 heterocycles. The molecule has 0 radical (unpaired) electrons. The Morgan fingerprint density at radius 2 is 1.75 bits per heavy atom. The Hall–Kier alpha value is -2.47. The summed E-state index contributed by atoms with van der Waals surface area (Å²) < 4.78 is 0.498. The third-order valence-corrected chi connectivity index (χ3v) is 6.24. The smallest absolute Gasteiger partial charge is 0.264 e. The van der Waals surface area contributed by atoms with Gasteiger partial charge in [0.05, 0.1) is 21.3 Å². The number of fused-ring (bicyclic) bond motifs is 1. The minimum Gasteiger partial charge on any atom is -0.375 e. The van der Waals surface area contributed by atoms with Gasteiger partial charge in [-0.2, -0.15) is 0 Å². The number of carbonyl (C=O) groups excluding carboxylic acids is 2. The van der Waals surface area contributed by atoms with Crippen molar-refractivity contribution < 1.29 is 14.7 Å². The number of anilines is 1. The highest BCUT2D eigenvalue weighted by Gasteiger charge is 2.50. The van der Waals surface area contributed by atoms with Crippen LogP contribution in [0.15, 0.2) is 66.7 Å². The lowest BCUT2D eigenvalue weighted by molar-refractivity contribution is -0.135. The number of hydrogen-bond donors (Lipinski definition) is 1. The van der Waals surface area contributed by atoms with E-state index in [2.05, 4.69) is 0 Å². The molecule has 6 heteroatoms. The quantitative estimate of drug-likeness (QED) is 0.609. The van der Waals surface area contributed by atoms with E-state index >= 15 is 0 Å². The lowest BCUT2D eigenvalue weighted by Crippen LogP contribution is -2.42. The first-order chi connectivity index (χ1) is 13.5. The van der Waals surface area contributed by atoms with Gasteiger partial charge in [-0.25, -0.2) is 0 Å². The number of thiophene rings is 1. The van der Waals surface area contributed by atoms with Crippen molar-refractivity contribution in [1.29, 1.82) is 0 Å². The summed E-state index contributed by atoms with van der Waals surface area (Å²) in [5.41, 5.74) is 0.375. The summed E-state index contributed by atoms with van der Waals surface area (Å²) in [5, 5.41) is 11.3. The number of amides is 1. The molecule has 1 aliphatic heterocycles. The molecule has 28 heavy (non-hydrogen) atoms. The van der Waals surface area contributed by atoms with E-state index < -0.39 is 11.5 Å². The molecule has 4 nitrogen and oxygen atoms in total. The van der Waals surface area contributed by atoms with Crippen molar-refractivity contribution in [3.05, 3.63) is 87.1 Å². The first kappa shape index (κ1) is 18.9. The highest BCUT2D eigenvalue weighted by atomic mass is 35.5. The third kappa shape index (κ3) is 3.37. The predicted molar refractivity (Wildman–Crippen MR) is 111 cm³/mol. The van der Waals surface area contributed by atoms with E-state index in [1.54, 1.807) is 29.2 Å². The highest BCUT2D eigenvalue weighted by molar-refractivity contribution is 7.18. The fraction of sp³-hybridized carbons (Fsp3) is 0.182. The Morgan fingerprint density at radius 1 is 1.04 bits per heavy atom. The van der Waals surface area contributed by atoms with Crippen molar-refractivity contribution in [1.82, 2.24) is 0 Å². The topological polar surface area (TPSA) is 57.6 Å². The Bertz CT molecular complexity index is 1030. The Morgan fingerprint density at radius 3 is 2.46 bits per heavy atom. The van der Waals surface area contributed by atoms with Crippen molar-refractivity contribution in [3.63, 3.8) is 0 Å². The molecule has 1 amide bonds. The molecule has 142 valence electrons. The number of benzene rings is 2. The maximum absolute atomic E-state index is 13.2. The van der Waals surface area contributed by atoms with E-state index in [0.29, 0.717) is 33.4 Å². The summed E-state index contributed by atoms with van der Waals surface area (Å²) in [6.45, 7) is 0.432. The minimum absolute atomic E-state index is 0.299. The number of ketones is 1. The fourth-order valence-corrected chi connectivity index (χ4v) is 4.55. The lowest BCUT2D eigenvalue weighted by Gasteiger charge is -2.22. The molecule has 1 atom stereocenters. The molecule has 4 rings (SSSR count). The van der Waals surface area contributed by atoms with Crippen LogP contribution in [0.1, 0.15) is 27.2 Å². The number of Topliss-reactive ketones (excluding diaryl/α,β-unsaturated/α-hetero) is 1. The van der Waals surface area contributed by atoms with Crippen LogP contribution in [0.25, 0.3) is 0 Å². The van der Waals surface area contributed by atoms with Crippen LogP contribution in [0, 0.1) is 0 Å². The molecule has 0 fully saturated rings. The van der Waals surface area contributed by atoms with Crippen molar-refractivity contribution in [2.24, 2.45) is 0 Å². The first-order valence-electron chi connectivity index (χ1n) is 8.95. The Labute approximate surface area is 172 Å². The van der Waals surface area contributed by atoms with Gasteiger partial charge in [0.2, 0.25) is 0 Å². The zero-order chi connectivity index (χ0) is 19.7. The average Bonchev–Trinajstić information content (AvgIpc) is 3.23. The summed E-state index contributed by atoms with van der Waals surface area (Å²) in [7, 11) is 0. The van der Waals surface area contributed by atoms with E-state index in [-0.39, 0.29) is 12.2 Å². The van der Waals surface area contributed by atoms with E-state index in [1.165, 1.54) is 0 Å². The van der Waals surface area contributed by atoms with Gasteiger partial charge in [0.15, 0.2) is 11.4 Å². The predicted octanol–water partition coefficient (Wildman–Crippen LogP) is 4.45. The Kier molecular flexibility index (Phi) is 5.06. The van der Waals surface area contributed by atoms with Gasteiger partial charge in [-0.1, -0.05) is 60.1 Å². The second-order valence-corrected chi connectivity index (χ2v) is 8.49. The number of halogens is 1. The molecule has 0 spiro atoms. The van der Waals surface area contributed by atoms with Crippen LogP contribution in [0.2, 0.25) is 4.34 Å². The van der Waals surface area contributed by atoms with Crippen LogP contribution in [0.5, 0.6) is 0 Å². The number of nitrogens with zero attached hydrogens (tertiary/aromatic N) is 1. The van der Waals surface area contributed by atoms with Crippen LogP contribution < -0.4 is 4.90 Å². The number of carbonyl (C=O) groups is 2. The zero-order valence-electron chi connectivity index (χ0n) is 15.0. The van der Waals surface area contributed by atoms with Gasteiger partial charge in [0.25, 0.3) is 5.91 Å². The second-order valence-electron chi connectivity index (χ2n) is 6.77. The highest BCUT2D eigenvalue weighted by Crippen LogP contribution is 2.43. The lowest BCUT2D eigenvalue weighted by atomic mass is 9.89. The van der Waals surface area contributed by atoms with E-state index in [4.69, 9.17) is 11.6 Å². The second kappa shape index (κ2) is 7.51. The first-order valence-corrected chi connectivity index (χ1v) is 10.1. The molecule has 1 N–H and O–H groups in total.